The first-order valence-corrected chi connectivity index (χ1v) is 9.61. The largest absolute Gasteiger partial charge is 0.372 e. The van der Waals surface area contributed by atoms with Gasteiger partial charge in [0.1, 0.15) is 0 Å². The minimum Gasteiger partial charge on any atom is -0.372 e. The molecule has 0 radical (unpaired) electrons. The average molecular weight is 391 g/mol. The molecule has 1 aromatic carbocycles. The predicted molar refractivity (Wildman–Crippen MR) is 116 cm³/mol. The zero-order valence-electron chi connectivity index (χ0n) is 16.7. The number of rotatable bonds is 8. The van der Waals surface area contributed by atoms with Crippen LogP contribution in [0.2, 0.25) is 0 Å². The van der Waals surface area contributed by atoms with Crippen molar-refractivity contribution in [3.63, 3.8) is 0 Å². The van der Waals surface area contributed by atoms with Crippen LogP contribution in [0, 0.1) is 0 Å². The molecule has 29 heavy (non-hydrogen) atoms. The molecule has 0 aliphatic carbocycles. The SMILES string of the molecule is C=CCNC(=O)c1nc(C(=O)Nc2ccc(N(CC)CC)cc2)n2ccccc12. The highest BCUT2D eigenvalue weighted by atomic mass is 16.2. The Morgan fingerprint density at radius 3 is 2.48 bits per heavy atom. The standard InChI is InChI=1S/C22H25N5O2/c1-4-14-23-21(28)19-18-9-7-8-15-27(18)20(25-19)22(29)24-16-10-12-17(13-11-16)26(5-2)6-3/h4,7-13,15H,1,5-6,14H2,2-3H3,(H,23,28)(H,24,29). The van der Waals surface area contributed by atoms with Crippen LogP contribution in [-0.2, 0) is 0 Å². The number of carbonyl (C=O) groups is 2. The van der Waals surface area contributed by atoms with Crippen LogP contribution < -0.4 is 15.5 Å². The van der Waals surface area contributed by atoms with Crippen LogP contribution in [0.3, 0.4) is 0 Å². The van der Waals surface area contributed by atoms with Gasteiger partial charge in [-0.1, -0.05) is 12.1 Å². The summed E-state index contributed by atoms with van der Waals surface area (Å²) in [7, 11) is 0. The molecule has 0 aliphatic rings. The summed E-state index contributed by atoms with van der Waals surface area (Å²) in [5.74, 6) is -0.585. The fourth-order valence-electron chi connectivity index (χ4n) is 3.15. The Morgan fingerprint density at radius 2 is 1.83 bits per heavy atom. The molecule has 2 heterocycles. The lowest BCUT2D eigenvalue weighted by molar-refractivity contribution is 0.0955. The van der Waals surface area contributed by atoms with Crippen molar-refractivity contribution in [1.82, 2.24) is 14.7 Å². The molecule has 2 amide bonds. The monoisotopic (exact) mass is 391 g/mol. The predicted octanol–water partition coefficient (Wildman–Crippen LogP) is 3.35. The van der Waals surface area contributed by atoms with Crippen LogP contribution in [0.4, 0.5) is 11.4 Å². The van der Waals surface area contributed by atoms with Gasteiger partial charge in [0.05, 0.1) is 5.52 Å². The molecule has 0 aliphatic heterocycles. The van der Waals surface area contributed by atoms with E-state index < -0.39 is 0 Å². The lowest BCUT2D eigenvalue weighted by Crippen LogP contribution is -2.24. The molecule has 3 rings (SSSR count). The van der Waals surface area contributed by atoms with E-state index in [0.717, 1.165) is 18.8 Å². The average Bonchev–Trinajstić information content (AvgIpc) is 3.14. The van der Waals surface area contributed by atoms with Gasteiger partial charge in [-0.3, -0.25) is 14.0 Å². The smallest absolute Gasteiger partial charge is 0.292 e. The number of fused-ring (bicyclic) bond motifs is 1. The number of benzene rings is 1. The molecule has 0 bridgehead atoms. The number of anilines is 2. The third-order valence-electron chi connectivity index (χ3n) is 4.63. The number of aromatic nitrogens is 2. The lowest BCUT2D eigenvalue weighted by Gasteiger charge is -2.21. The van der Waals surface area contributed by atoms with Crippen molar-refractivity contribution in [1.29, 1.82) is 0 Å². The normalized spacial score (nSPS) is 10.6. The summed E-state index contributed by atoms with van der Waals surface area (Å²) in [5, 5.41) is 5.56. The number of hydrogen-bond acceptors (Lipinski definition) is 4. The molecule has 2 aromatic heterocycles. The zero-order valence-corrected chi connectivity index (χ0v) is 16.7. The quantitative estimate of drug-likeness (QED) is 0.577. The molecule has 0 atom stereocenters. The fourth-order valence-corrected chi connectivity index (χ4v) is 3.15. The lowest BCUT2D eigenvalue weighted by atomic mass is 10.2. The molecule has 150 valence electrons. The summed E-state index contributed by atoms with van der Waals surface area (Å²) >= 11 is 0. The maximum absolute atomic E-state index is 12.9. The maximum atomic E-state index is 12.9. The van der Waals surface area contributed by atoms with Gasteiger partial charge in [-0.05, 0) is 50.2 Å². The Hall–Kier alpha value is -3.61. The third-order valence-corrected chi connectivity index (χ3v) is 4.63. The Bertz CT molecular complexity index is 1020. The number of carbonyl (C=O) groups excluding carboxylic acids is 2. The van der Waals surface area contributed by atoms with Crippen LogP contribution in [0.25, 0.3) is 5.52 Å². The summed E-state index contributed by atoms with van der Waals surface area (Å²) in [4.78, 5) is 31.8. The van der Waals surface area contributed by atoms with E-state index in [1.165, 1.54) is 0 Å². The topological polar surface area (TPSA) is 78.7 Å². The van der Waals surface area contributed by atoms with Crippen molar-refractivity contribution in [3.8, 4) is 0 Å². The van der Waals surface area contributed by atoms with Crippen LogP contribution >= 0.6 is 0 Å². The number of hydrogen-bond donors (Lipinski definition) is 2. The number of nitrogens with one attached hydrogen (secondary N) is 2. The highest BCUT2D eigenvalue weighted by Crippen LogP contribution is 2.19. The second-order valence-electron chi connectivity index (χ2n) is 6.41. The number of nitrogens with zero attached hydrogens (tertiary/aromatic N) is 3. The molecule has 2 N–H and O–H groups in total. The number of imidazole rings is 1. The summed E-state index contributed by atoms with van der Waals surface area (Å²) in [6.45, 7) is 9.95. The Kier molecular flexibility index (Phi) is 6.29. The van der Waals surface area contributed by atoms with Gasteiger partial charge in [0, 0.05) is 37.2 Å². The first-order chi connectivity index (χ1) is 14.1. The van der Waals surface area contributed by atoms with Gasteiger partial charge in [-0.15, -0.1) is 6.58 Å². The highest BCUT2D eigenvalue weighted by molar-refractivity contribution is 6.06. The molecular formula is C22H25N5O2. The van der Waals surface area contributed by atoms with Gasteiger partial charge >= 0.3 is 0 Å². The minimum atomic E-state index is -0.385. The molecule has 0 unspecified atom stereocenters. The fraction of sp³-hybridized carbons (Fsp3) is 0.227. The van der Waals surface area contributed by atoms with E-state index in [9.17, 15) is 9.59 Å². The van der Waals surface area contributed by atoms with Crippen LogP contribution in [0.15, 0.2) is 61.3 Å². The summed E-state index contributed by atoms with van der Waals surface area (Å²) in [5.41, 5.74) is 2.53. The molecular weight excluding hydrogens is 366 g/mol. The Labute approximate surface area is 170 Å². The van der Waals surface area contributed by atoms with Crippen molar-refractivity contribution in [2.75, 3.05) is 29.9 Å². The zero-order chi connectivity index (χ0) is 20.8. The minimum absolute atomic E-state index is 0.150. The van der Waals surface area contributed by atoms with Gasteiger partial charge in [-0.2, -0.15) is 0 Å². The molecule has 0 saturated heterocycles. The molecule has 7 nitrogen and oxygen atoms in total. The van der Waals surface area contributed by atoms with Crippen LogP contribution in [0.5, 0.6) is 0 Å². The van der Waals surface area contributed by atoms with Crippen molar-refractivity contribution in [3.05, 3.63) is 72.8 Å². The van der Waals surface area contributed by atoms with E-state index in [-0.39, 0.29) is 23.3 Å². The van der Waals surface area contributed by atoms with E-state index in [1.54, 1.807) is 34.9 Å². The van der Waals surface area contributed by atoms with E-state index in [2.05, 4.69) is 40.9 Å². The van der Waals surface area contributed by atoms with Crippen molar-refractivity contribution in [2.45, 2.75) is 13.8 Å². The van der Waals surface area contributed by atoms with Crippen LogP contribution in [-0.4, -0.2) is 40.8 Å². The highest BCUT2D eigenvalue weighted by Gasteiger charge is 2.21. The van der Waals surface area contributed by atoms with Gasteiger partial charge in [0.2, 0.25) is 5.82 Å². The van der Waals surface area contributed by atoms with E-state index >= 15 is 0 Å². The third kappa shape index (κ3) is 4.29. The van der Waals surface area contributed by atoms with E-state index in [4.69, 9.17) is 0 Å². The summed E-state index contributed by atoms with van der Waals surface area (Å²) in [6, 6.07) is 13.0. The number of amides is 2. The molecule has 0 fully saturated rings. The summed E-state index contributed by atoms with van der Waals surface area (Å²) < 4.78 is 1.61. The second kappa shape index (κ2) is 9.05. The van der Waals surface area contributed by atoms with Crippen molar-refractivity contribution >= 4 is 28.7 Å². The second-order valence-corrected chi connectivity index (χ2v) is 6.41. The van der Waals surface area contributed by atoms with Crippen LogP contribution in [0.1, 0.15) is 35.0 Å². The van der Waals surface area contributed by atoms with Gasteiger partial charge in [0.15, 0.2) is 5.69 Å². The first kappa shape index (κ1) is 20.1. The van der Waals surface area contributed by atoms with Gasteiger partial charge < -0.3 is 15.5 Å². The van der Waals surface area contributed by atoms with Crippen molar-refractivity contribution < 1.29 is 9.59 Å². The first-order valence-electron chi connectivity index (χ1n) is 9.61. The van der Waals surface area contributed by atoms with E-state index in [1.807, 2.05) is 24.3 Å². The van der Waals surface area contributed by atoms with Gasteiger partial charge in [0.25, 0.3) is 11.8 Å². The van der Waals surface area contributed by atoms with Crippen molar-refractivity contribution in [2.24, 2.45) is 0 Å². The number of pyridine rings is 1. The Morgan fingerprint density at radius 1 is 1.10 bits per heavy atom. The summed E-state index contributed by atoms with van der Waals surface area (Å²) in [6.07, 6.45) is 3.30. The van der Waals surface area contributed by atoms with E-state index in [0.29, 0.717) is 17.7 Å². The maximum Gasteiger partial charge on any atom is 0.292 e. The molecule has 3 aromatic rings. The molecule has 0 spiro atoms. The Balaban J connectivity index is 1.86. The molecule has 0 saturated carbocycles. The van der Waals surface area contributed by atoms with Gasteiger partial charge in [-0.25, -0.2) is 4.98 Å². The molecule has 7 heteroatoms.